The van der Waals surface area contributed by atoms with Crippen molar-refractivity contribution in [1.82, 2.24) is 9.78 Å². The number of carbonyl (C=O) groups is 2. The molecule has 4 rings (SSSR count). The van der Waals surface area contributed by atoms with Crippen LogP contribution in [-0.2, 0) is 9.53 Å². The molecule has 4 aromatic rings. The van der Waals surface area contributed by atoms with Crippen LogP contribution in [0.2, 0.25) is 0 Å². The summed E-state index contributed by atoms with van der Waals surface area (Å²) < 4.78 is 6.96. The van der Waals surface area contributed by atoms with Gasteiger partial charge in [-0.2, -0.15) is 5.10 Å². The Labute approximate surface area is 180 Å². The molecule has 0 radical (unpaired) electrons. The van der Waals surface area contributed by atoms with Crippen LogP contribution in [0.5, 0.6) is 0 Å². The average molecular weight is 411 g/mol. The predicted molar refractivity (Wildman–Crippen MR) is 119 cm³/mol. The third-order valence-corrected chi connectivity index (χ3v) is 4.80. The van der Waals surface area contributed by atoms with Gasteiger partial charge in [-0.15, -0.1) is 0 Å². The van der Waals surface area contributed by atoms with E-state index in [0.29, 0.717) is 11.3 Å². The molecule has 0 bridgehead atoms. The van der Waals surface area contributed by atoms with Crippen LogP contribution < -0.4 is 5.32 Å². The molecule has 0 saturated carbocycles. The number of aromatic nitrogens is 2. The molecule has 0 aliphatic heterocycles. The highest BCUT2D eigenvalue weighted by Crippen LogP contribution is 2.27. The second kappa shape index (κ2) is 9.09. The van der Waals surface area contributed by atoms with Crippen LogP contribution in [-0.4, -0.2) is 28.3 Å². The molecule has 1 amide bonds. The van der Waals surface area contributed by atoms with Crippen molar-refractivity contribution in [2.45, 2.75) is 6.92 Å². The Kier molecular flexibility index (Phi) is 5.89. The number of para-hydroxylation sites is 1. The molecule has 0 spiro atoms. The van der Waals surface area contributed by atoms with Crippen LogP contribution in [0.1, 0.15) is 16.1 Å². The normalized spacial score (nSPS) is 10.5. The maximum Gasteiger partial charge on any atom is 0.338 e. The molecule has 1 heterocycles. The lowest BCUT2D eigenvalue weighted by atomic mass is 10.0. The molecule has 0 saturated heterocycles. The van der Waals surface area contributed by atoms with Gasteiger partial charge in [-0.05, 0) is 48.9 Å². The molecule has 0 unspecified atom stereocenters. The van der Waals surface area contributed by atoms with Gasteiger partial charge in [-0.3, -0.25) is 4.79 Å². The topological polar surface area (TPSA) is 73.2 Å². The summed E-state index contributed by atoms with van der Waals surface area (Å²) in [7, 11) is 0. The molecule has 0 aliphatic carbocycles. The van der Waals surface area contributed by atoms with Gasteiger partial charge in [-0.1, -0.05) is 48.5 Å². The Balaban J connectivity index is 1.37. The Hall–Kier alpha value is -4.19. The molecule has 1 N–H and O–H groups in total. The first-order valence-corrected chi connectivity index (χ1v) is 9.84. The maximum absolute atomic E-state index is 12.4. The number of carbonyl (C=O) groups excluding carboxylic acids is 2. The van der Waals surface area contributed by atoms with Crippen molar-refractivity contribution >= 4 is 17.6 Å². The standard InChI is InChI=1S/C25H21N3O3/c1-18-15-16-26-28(18)21-13-11-20(12-14-21)25(30)31-17-24(29)27-23-10-6-5-9-22(23)19-7-3-2-4-8-19/h2-16H,17H2,1H3,(H,27,29). The van der Waals surface area contributed by atoms with E-state index in [-0.39, 0.29) is 6.61 Å². The minimum absolute atomic E-state index is 0.367. The molecule has 0 atom stereocenters. The number of benzene rings is 3. The second-order valence-electron chi connectivity index (χ2n) is 6.97. The zero-order valence-corrected chi connectivity index (χ0v) is 17.0. The number of rotatable bonds is 6. The van der Waals surface area contributed by atoms with Gasteiger partial charge in [0.15, 0.2) is 6.61 Å². The summed E-state index contributed by atoms with van der Waals surface area (Å²) in [5.41, 5.74) is 4.74. The minimum Gasteiger partial charge on any atom is -0.452 e. The van der Waals surface area contributed by atoms with Crippen molar-refractivity contribution in [3.8, 4) is 16.8 Å². The Morgan fingerprint density at radius 1 is 0.903 bits per heavy atom. The van der Waals surface area contributed by atoms with E-state index in [1.54, 1.807) is 35.1 Å². The van der Waals surface area contributed by atoms with Crippen LogP contribution in [0.15, 0.2) is 91.1 Å². The molecule has 6 heteroatoms. The van der Waals surface area contributed by atoms with Gasteiger partial charge in [0.05, 0.1) is 11.3 Å². The smallest absolute Gasteiger partial charge is 0.338 e. The van der Waals surface area contributed by atoms with Crippen LogP contribution >= 0.6 is 0 Å². The van der Waals surface area contributed by atoms with E-state index in [2.05, 4.69) is 10.4 Å². The number of hydrogen-bond donors (Lipinski definition) is 1. The van der Waals surface area contributed by atoms with Gasteiger partial charge < -0.3 is 10.1 Å². The van der Waals surface area contributed by atoms with E-state index in [1.807, 2.05) is 67.6 Å². The van der Waals surface area contributed by atoms with E-state index < -0.39 is 11.9 Å². The number of hydrogen-bond acceptors (Lipinski definition) is 4. The van der Waals surface area contributed by atoms with E-state index in [1.165, 1.54) is 0 Å². The van der Waals surface area contributed by atoms with Crippen molar-refractivity contribution in [2.75, 3.05) is 11.9 Å². The summed E-state index contributed by atoms with van der Waals surface area (Å²) in [6.07, 6.45) is 1.71. The molecule has 1 aromatic heterocycles. The van der Waals surface area contributed by atoms with E-state index in [4.69, 9.17) is 4.74 Å². The van der Waals surface area contributed by atoms with Crippen molar-refractivity contribution < 1.29 is 14.3 Å². The maximum atomic E-state index is 12.4. The number of ether oxygens (including phenoxy) is 1. The number of anilines is 1. The number of aryl methyl sites for hydroxylation is 1. The van der Waals surface area contributed by atoms with E-state index >= 15 is 0 Å². The predicted octanol–water partition coefficient (Wildman–Crippen LogP) is 4.64. The highest BCUT2D eigenvalue weighted by atomic mass is 16.5. The summed E-state index contributed by atoms with van der Waals surface area (Å²) in [4.78, 5) is 24.7. The van der Waals surface area contributed by atoms with Crippen molar-refractivity contribution in [3.63, 3.8) is 0 Å². The van der Waals surface area contributed by atoms with Crippen molar-refractivity contribution in [1.29, 1.82) is 0 Å². The SMILES string of the molecule is Cc1ccnn1-c1ccc(C(=O)OCC(=O)Nc2ccccc2-c2ccccc2)cc1. The number of amides is 1. The lowest BCUT2D eigenvalue weighted by molar-refractivity contribution is -0.119. The van der Waals surface area contributed by atoms with Gasteiger partial charge in [0.25, 0.3) is 5.91 Å². The van der Waals surface area contributed by atoms with Gasteiger partial charge in [0, 0.05) is 23.1 Å². The largest absolute Gasteiger partial charge is 0.452 e. The van der Waals surface area contributed by atoms with Crippen LogP contribution in [0.3, 0.4) is 0 Å². The number of nitrogens with zero attached hydrogens (tertiary/aromatic N) is 2. The molecule has 6 nitrogen and oxygen atoms in total. The third kappa shape index (κ3) is 4.70. The summed E-state index contributed by atoms with van der Waals surface area (Å²) in [5, 5.41) is 7.06. The molecule has 0 aliphatic rings. The van der Waals surface area contributed by atoms with Gasteiger partial charge in [-0.25, -0.2) is 9.48 Å². The highest BCUT2D eigenvalue weighted by molar-refractivity contribution is 5.98. The minimum atomic E-state index is -0.560. The van der Waals surface area contributed by atoms with Crippen LogP contribution in [0, 0.1) is 6.92 Å². The Bertz CT molecular complexity index is 1200. The van der Waals surface area contributed by atoms with Gasteiger partial charge >= 0.3 is 5.97 Å². The van der Waals surface area contributed by atoms with E-state index in [9.17, 15) is 9.59 Å². The van der Waals surface area contributed by atoms with E-state index in [0.717, 1.165) is 22.5 Å². The second-order valence-corrected chi connectivity index (χ2v) is 6.97. The van der Waals surface area contributed by atoms with Crippen LogP contribution in [0.25, 0.3) is 16.8 Å². The molecule has 31 heavy (non-hydrogen) atoms. The highest BCUT2D eigenvalue weighted by Gasteiger charge is 2.13. The lowest BCUT2D eigenvalue weighted by Gasteiger charge is -2.12. The molecular formula is C25H21N3O3. The number of nitrogens with one attached hydrogen (secondary N) is 1. The fourth-order valence-electron chi connectivity index (χ4n) is 3.24. The average Bonchev–Trinajstić information content (AvgIpc) is 3.24. The Morgan fingerprint density at radius 2 is 1.61 bits per heavy atom. The summed E-state index contributed by atoms with van der Waals surface area (Å²) in [6.45, 7) is 1.58. The summed E-state index contributed by atoms with van der Waals surface area (Å²) in [5.74, 6) is -0.962. The van der Waals surface area contributed by atoms with Gasteiger partial charge in [0.2, 0.25) is 0 Å². The third-order valence-electron chi connectivity index (χ3n) is 4.80. The van der Waals surface area contributed by atoms with Crippen molar-refractivity contribution in [2.24, 2.45) is 0 Å². The first kappa shape index (κ1) is 20.1. The zero-order chi connectivity index (χ0) is 21.6. The quantitative estimate of drug-likeness (QED) is 0.469. The van der Waals surface area contributed by atoms with Gasteiger partial charge in [0.1, 0.15) is 0 Å². The lowest BCUT2D eigenvalue weighted by Crippen LogP contribution is -2.21. The molecule has 3 aromatic carbocycles. The summed E-state index contributed by atoms with van der Waals surface area (Å²) >= 11 is 0. The zero-order valence-electron chi connectivity index (χ0n) is 17.0. The summed E-state index contributed by atoms with van der Waals surface area (Å²) in [6, 6.07) is 26.0. The fraction of sp³-hybridized carbons (Fsp3) is 0.0800. The first-order valence-electron chi connectivity index (χ1n) is 9.84. The molecule has 154 valence electrons. The Morgan fingerprint density at radius 3 is 2.32 bits per heavy atom. The monoisotopic (exact) mass is 411 g/mol. The van der Waals surface area contributed by atoms with Crippen LogP contribution in [0.4, 0.5) is 5.69 Å². The number of esters is 1. The fourth-order valence-corrected chi connectivity index (χ4v) is 3.24. The molecule has 0 fully saturated rings. The first-order chi connectivity index (χ1) is 15.1. The molecular weight excluding hydrogens is 390 g/mol. The van der Waals surface area contributed by atoms with Crippen molar-refractivity contribution in [3.05, 3.63) is 102 Å².